The van der Waals surface area contributed by atoms with Gasteiger partial charge in [0.1, 0.15) is 12.7 Å². The van der Waals surface area contributed by atoms with Crippen LogP contribution in [-0.4, -0.2) is 38.4 Å². The fourth-order valence-corrected chi connectivity index (χ4v) is 2.42. The third kappa shape index (κ3) is 3.92. The summed E-state index contributed by atoms with van der Waals surface area (Å²) in [5.41, 5.74) is 1.45. The van der Waals surface area contributed by atoms with Gasteiger partial charge >= 0.3 is 0 Å². The van der Waals surface area contributed by atoms with Gasteiger partial charge in [0.05, 0.1) is 6.10 Å². The number of hydrogen-bond acceptors (Lipinski definition) is 4. The molecule has 2 rings (SSSR count). The average Bonchev–Trinajstić information content (AvgIpc) is 3.08. The Kier molecular flexibility index (Phi) is 5.66. The van der Waals surface area contributed by atoms with Gasteiger partial charge in [0.15, 0.2) is 0 Å². The van der Waals surface area contributed by atoms with E-state index in [2.05, 4.69) is 15.5 Å². The van der Waals surface area contributed by atoms with Crippen molar-refractivity contribution < 1.29 is 9.90 Å². The molecular weight excluding hydrogens is 280 g/mol. The number of aromatic nitrogens is 3. The number of benzene rings is 1. The first-order chi connectivity index (χ1) is 10.7. The van der Waals surface area contributed by atoms with Crippen molar-refractivity contribution in [2.45, 2.75) is 32.8 Å². The Labute approximate surface area is 130 Å². The van der Waals surface area contributed by atoms with Crippen LogP contribution in [0.5, 0.6) is 0 Å². The Bertz CT molecular complexity index is 577. The SMILES string of the molecule is CCC(CC)C(O)CNC(=O)c1ccc(-n2cnnc2)cc1. The molecule has 1 amide bonds. The van der Waals surface area contributed by atoms with Crippen molar-refractivity contribution in [3.8, 4) is 5.69 Å². The van der Waals surface area contributed by atoms with Gasteiger partial charge in [0.2, 0.25) is 0 Å². The monoisotopic (exact) mass is 302 g/mol. The van der Waals surface area contributed by atoms with Gasteiger partial charge in [-0.15, -0.1) is 10.2 Å². The van der Waals surface area contributed by atoms with Gasteiger partial charge in [0, 0.05) is 17.8 Å². The van der Waals surface area contributed by atoms with Crippen LogP contribution in [0, 0.1) is 5.92 Å². The number of rotatable bonds is 7. The zero-order chi connectivity index (χ0) is 15.9. The number of carbonyl (C=O) groups is 1. The molecule has 0 bridgehead atoms. The van der Waals surface area contributed by atoms with Gasteiger partial charge in [-0.3, -0.25) is 9.36 Å². The zero-order valence-electron chi connectivity index (χ0n) is 12.9. The normalized spacial score (nSPS) is 12.4. The van der Waals surface area contributed by atoms with E-state index in [0.717, 1.165) is 18.5 Å². The summed E-state index contributed by atoms with van der Waals surface area (Å²) in [5.74, 6) is 0.0386. The maximum atomic E-state index is 12.1. The summed E-state index contributed by atoms with van der Waals surface area (Å²) >= 11 is 0. The summed E-state index contributed by atoms with van der Waals surface area (Å²) in [6, 6.07) is 7.15. The van der Waals surface area contributed by atoms with Crippen molar-refractivity contribution in [1.82, 2.24) is 20.1 Å². The van der Waals surface area contributed by atoms with Crippen molar-refractivity contribution in [1.29, 1.82) is 0 Å². The first-order valence-electron chi connectivity index (χ1n) is 7.57. The predicted molar refractivity (Wildman–Crippen MR) is 83.8 cm³/mol. The Hall–Kier alpha value is -2.21. The molecule has 1 aromatic carbocycles. The molecule has 1 aromatic heterocycles. The lowest BCUT2D eigenvalue weighted by Crippen LogP contribution is -2.36. The lowest BCUT2D eigenvalue weighted by atomic mass is 9.96. The number of aliphatic hydroxyl groups is 1. The van der Waals surface area contributed by atoms with Crippen LogP contribution in [0.1, 0.15) is 37.0 Å². The van der Waals surface area contributed by atoms with Gasteiger partial charge < -0.3 is 10.4 Å². The van der Waals surface area contributed by atoms with Crippen molar-refractivity contribution in [3.05, 3.63) is 42.5 Å². The maximum Gasteiger partial charge on any atom is 0.251 e. The lowest BCUT2D eigenvalue weighted by Gasteiger charge is -2.20. The largest absolute Gasteiger partial charge is 0.391 e. The van der Waals surface area contributed by atoms with Crippen molar-refractivity contribution in [2.75, 3.05) is 6.54 Å². The predicted octanol–water partition coefficient (Wildman–Crippen LogP) is 1.79. The molecule has 6 nitrogen and oxygen atoms in total. The Morgan fingerprint density at radius 1 is 1.18 bits per heavy atom. The smallest absolute Gasteiger partial charge is 0.251 e. The molecule has 0 fully saturated rings. The standard InChI is InChI=1S/C16H22N4O2/c1-3-12(4-2)15(21)9-17-16(22)13-5-7-14(8-6-13)20-10-18-19-11-20/h5-8,10-12,15,21H,3-4,9H2,1-2H3,(H,17,22). The van der Waals surface area contributed by atoms with Crippen LogP contribution < -0.4 is 5.32 Å². The summed E-state index contributed by atoms with van der Waals surface area (Å²) in [5, 5.41) is 20.3. The quantitative estimate of drug-likeness (QED) is 0.817. The average molecular weight is 302 g/mol. The number of carbonyl (C=O) groups excluding carboxylic acids is 1. The van der Waals surface area contributed by atoms with Crippen LogP contribution in [0.4, 0.5) is 0 Å². The Morgan fingerprint density at radius 3 is 2.32 bits per heavy atom. The molecule has 118 valence electrons. The minimum atomic E-state index is -0.504. The van der Waals surface area contributed by atoms with Gasteiger partial charge in [-0.05, 0) is 30.2 Å². The van der Waals surface area contributed by atoms with E-state index in [1.807, 2.05) is 26.0 Å². The van der Waals surface area contributed by atoms with E-state index in [1.165, 1.54) is 0 Å². The molecule has 2 N–H and O–H groups in total. The minimum absolute atomic E-state index is 0.180. The summed E-state index contributed by atoms with van der Waals surface area (Å²) in [4.78, 5) is 12.1. The highest BCUT2D eigenvalue weighted by molar-refractivity contribution is 5.94. The first kappa shape index (κ1) is 16.2. The van der Waals surface area contributed by atoms with E-state index < -0.39 is 6.10 Å². The van der Waals surface area contributed by atoms with Gasteiger partial charge in [-0.1, -0.05) is 26.7 Å². The van der Waals surface area contributed by atoms with E-state index in [1.54, 1.807) is 29.4 Å². The molecule has 0 aliphatic rings. The molecule has 22 heavy (non-hydrogen) atoms. The molecule has 1 atom stereocenters. The molecule has 6 heteroatoms. The van der Waals surface area contributed by atoms with Crippen LogP contribution in [0.15, 0.2) is 36.9 Å². The maximum absolute atomic E-state index is 12.1. The van der Waals surface area contributed by atoms with Crippen LogP contribution in [-0.2, 0) is 0 Å². The second-order valence-corrected chi connectivity index (χ2v) is 5.27. The third-order valence-corrected chi connectivity index (χ3v) is 3.91. The Morgan fingerprint density at radius 2 is 1.77 bits per heavy atom. The molecule has 0 saturated carbocycles. The molecule has 1 heterocycles. The second-order valence-electron chi connectivity index (χ2n) is 5.27. The van der Waals surface area contributed by atoms with Crippen molar-refractivity contribution in [2.24, 2.45) is 5.92 Å². The molecule has 1 unspecified atom stereocenters. The molecule has 0 aliphatic carbocycles. The second kappa shape index (κ2) is 7.70. The van der Waals surface area contributed by atoms with E-state index in [4.69, 9.17) is 0 Å². The summed E-state index contributed by atoms with van der Waals surface area (Å²) in [6.45, 7) is 4.37. The molecular formula is C16H22N4O2. The van der Waals surface area contributed by atoms with Gasteiger partial charge in [-0.2, -0.15) is 0 Å². The van der Waals surface area contributed by atoms with Crippen LogP contribution >= 0.6 is 0 Å². The molecule has 2 aromatic rings. The van der Waals surface area contributed by atoms with E-state index in [-0.39, 0.29) is 18.4 Å². The lowest BCUT2D eigenvalue weighted by molar-refractivity contribution is 0.0816. The van der Waals surface area contributed by atoms with E-state index in [0.29, 0.717) is 5.56 Å². The number of amides is 1. The number of aliphatic hydroxyl groups excluding tert-OH is 1. The summed E-state index contributed by atoms with van der Waals surface area (Å²) in [6.07, 6.45) is 4.50. The highest BCUT2D eigenvalue weighted by atomic mass is 16.3. The zero-order valence-corrected chi connectivity index (χ0v) is 12.9. The van der Waals surface area contributed by atoms with Gasteiger partial charge in [0.25, 0.3) is 5.91 Å². The van der Waals surface area contributed by atoms with Crippen LogP contribution in [0.3, 0.4) is 0 Å². The highest BCUT2D eigenvalue weighted by Gasteiger charge is 2.16. The minimum Gasteiger partial charge on any atom is -0.391 e. The van der Waals surface area contributed by atoms with Crippen molar-refractivity contribution in [3.63, 3.8) is 0 Å². The number of hydrogen-bond donors (Lipinski definition) is 2. The van der Waals surface area contributed by atoms with Crippen molar-refractivity contribution >= 4 is 5.91 Å². The van der Waals surface area contributed by atoms with Gasteiger partial charge in [-0.25, -0.2) is 0 Å². The highest BCUT2D eigenvalue weighted by Crippen LogP contribution is 2.13. The molecule has 0 radical (unpaired) electrons. The van der Waals surface area contributed by atoms with Crippen LogP contribution in [0.2, 0.25) is 0 Å². The van der Waals surface area contributed by atoms with E-state index >= 15 is 0 Å². The third-order valence-electron chi connectivity index (χ3n) is 3.91. The number of nitrogens with one attached hydrogen (secondary N) is 1. The fourth-order valence-electron chi connectivity index (χ4n) is 2.42. The number of nitrogens with zero attached hydrogens (tertiary/aromatic N) is 3. The molecule has 0 aliphatic heterocycles. The van der Waals surface area contributed by atoms with Crippen LogP contribution in [0.25, 0.3) is 5.69 Å². The summed E-state index contributed by atoms with van der Waals surface area (Å²) in [7, 11) is 0. The fraction of sp³-hybridized carbons (Fsp3) is 0.438. The van der Waals surface area contributed by atoms with E-state index in [9.17, 15) is 9.90 Å². The first-order valence-corrected chi connectivity index (χ1v) is 7.57. The topological polar surface area (TPSA) is 80.0 Å². The summed E-state index contributed by atoms with van der Waals surface area (Å²) < 4.78 is 1.76. The molecule has 0 saturated heterocycles. The molecule has 0 spiro atoms. The Balaban J connectivity index is 1.93.